The van der Waals surface area contributed by atoms with Gasteiger partial charge in [-0.05, 0) is 32.0 Å². The van der Waals surface area contributed by atoms with E-state index in [9.17, 15) is 4.79 Å². The number of carbonyl (C=O) groups excluding carboxylic acids is 1. The van der Waals surface area contributed by atoms with E-state index in [1.807, 2.05) is 20.0 Å². The molecule has 1 heterocycles. The maximum absolute atomic E-state index is 11.6. The second-order valence-electron chi connectivity index (χ2n) is 4.61. The van der Waals surface area contributed by atoms with Crippen LogP contribution in [-0.4, -0.2) is 22.7 Å². The van der Waals surface area contributed by atoms with Gasteiger partial charge >= 0.3 is 0 Å². The zero-order valence-corrected chi connectivity index (χ0v) is 12.1. The zero-order valence-electron chi connectivity index (χ0n) is 12.1. The van der Waals surface area contributed by atoms with Gasteiger partial charge in [0.05, 0.1) is 24.1 Å². The molecule has 0 saturated heterocycles. The quantitative estimate of drug-likeness (QED) is 0.786. The Kier molecular flexibility index (Phi) is 4.08. The van der Waals surface area contributed by atoms with Crippen LogP contribution in [0.2, 0.25) is 0 Å². The van der Waals surface area contributed by atoms with Crippen molar-refractivity contribution in [3.8, 4) is 11.5 Å². The third kappa shape index (κ3) is 2.99. The van der Waals surface area contributed by atoms with E-state index in [4.69, 9.17) is 9.47 Å². The lowest BCUT2D eigenvalue weighted by molar-refractivity contribution is 0.101. The number of hydrogen-bond acceptors (Lipinski definition) is 4. The molecule has 106 valence electrons. The molecule has 1 aromatic carbocycles. The first-order chi connectivity index (χ1) is 9.51. The molecule has 0 aliphatic carbocycles. The van der Waals surface area contributed by atoms with Crippen LogP contribution in [0.1, 0.15) is 28.7 Å². The van der Waals surface area contributed by atoms with E-state index in [0.717, 1.165) is 11.4 Å². The van der Waals surface area contributed by atoms with Crippen molar-refractivity contribution in [2.45, 2.75) is 20.5 Å². The first kappa shape index (κ1) is 14.1. The number of benzene rings is 1. The van der Waals surface area contributed by atoms with Crippen molar-refractivity contribution in [1.29, 1.82) is 0 Å². The number of aryl methyl sites for hydroxylation is 2. The van der Waals surface area contributed by atoms with Crippen LogP contribution in [0.5, 0.6) is 11.5 Å². The van der Waals surface area contributed by atoms with Crippen LogP contribution in [0.3, 0.4) is 0 Å². The van der Waals surface area contributed by atoms with Crippen molar-refractivity contribution in [2.24, 2.45) is 7.05 Å². The monoisotopic (exact) mass is 274 g/mol. The molecular weight excluding hydrogens is 256 g/mol. The molecule has 0 unspecified atom stereocenters. The minimum absolute atomic E-state index is 0.0381. The Morgan fingerprint density at radius 2 is 2.10 bits per heavy atom. The van der Waals surface area contributed by atoms with Crippen LogP contribution < -0.4 is 9.47 Å². The van der Waals surface area contributed by atoms with Gasteiger partial charge in [0.15, 0.2) is 5.78 Å². The van der Waals surface area contributed by atoms with Crippen LogP contribution in [0.25, 0.3) is 0 Å². The van der Waals surface area contributed by atoms with Gasteiger partial charge in [-0.1, -0.05) is 0 Å². The molecule has 0 N–H and O–H groups in total. The molecule has 0 saturated carbocycles. The summed E-state index contributed by atoms with van der Waals surface area (Å²) in [5.41, 5.74) is 2.42. The van der Waals surface area contributed by atoms with Crippen molar-refractivity contribution >= 4 is 5.78 Å². The third-order valence-corrected chi connectivity index (χ3v) is 3.04. The van der Waals surface area contributed by atoms with Gasteiger partial charge < -0.3 is 9.47 Å². The normalized spacial score (nSPS) is 10.4. The Bertz CT molecular complexity index is 632. The maximum Gasteiger partial charge on any atom is 0.163 e. The van der Waals surface area contributed by atoms with Crippen molar-refractivity contribution < 1.29 is 14.3 Å². The summed E-state index contributed by atoms with van der Waals surface area (Å²) in [6.45, 7) is 3.80. The molecule has 0 aliphatic heterocycles. The summed E-state index contributed by atoms with van der Waals surface area (Å²) in [6, 6.07) is 7.14. The number of rotatable bonds is 5. The summed E-state index contributed by atoms with van der Waals surface area (Å²) in [5, 5.41) is 4.26. The highest BCUT2D eigenvalue weighted by molar-refractivity contribution is 5.97. The molecule has 1 aromatic heterocycles. The van der Waals surface area contributed by atoms with Crippen LogP contribution in [0.15, 0.2) is 24.3 Å². The average molecular weight is 274 g/mol. The summed E-state index contributed by atoms with van der Waals surface area (Å²) in [6.07, 6.45) is 0. The predicted octanol–water partition coefficient (Wildman–Crippen LogP) is 2.52. The van der Waals surface area contributed by atoms with Crippen molar-refractivity contribution in [1.82, 2.24) is 9.78 Å². The molecule has 0 radical (unpaired) electrons. The largest absolute Gasteiger partial charge is 0.497 e. The van der Waals surface area contributed by atoms with Gasteiger partial charge in [-0.3, -0.25) is 9.48 Å². The minimum Gasteiger partial charge on any atom is -0.497 e. The van der Waals surface area contributed by atoms with Gasteiger partial charge in [-0.15, -0.1) is 0 Å². The van der Waals surface area contributed by atoms with Crippen molar-refractivity contribution in [3.63, 3.8) is 0 Å². The van der Waals surface area contributed by atoms with Gasteiger partial charge in [0.1, 0.15) is 18.1 Å². The second-order valence-corrected chi connectivity index (χ2v) is 4.61. The Morgan fingerprint density at radius 1 is 1.35 bits per heavy atom. The van der Waals surface area contributed by atoms with E-state index in [2.05, 4.69) is 5.10 Å². The fourth-order valence-electron chi connectivity index (χ4n) is 1.99. The lowest BCUT2D eigenvalue weighted by atomic mass is 10.1. The molecular formula is C15H18N2O3. The summed E-state index contributed by atoms with van der Waals surface area (Å²) in [7, 11) is 3.44. The van der Waals surface area contributed by atoms with Crippen LogP contribution in [-0.2, 0) is 13.7 Å². The Balaban J connectivity index is 2.23. The second kappa shape index (κ2) is 5.77. The van der Waals surface area contributed by atoms with E-state index < -0.39 is 0 Å². The lowest BCUT2D eigenvalue weighted by Crippen LogP contribution is -2.06. The molecule has 5 heteroatoms. The summed E-state index contributed by atoms with van der Waals surface area (Å²) < 4.78 is 12.7. The molecule has 5 nitrogen and oxygen atoms in total. The third-order valence-electron chi connectivity index (χ3n) is 3.04. The molecule has 0 amide bonds. The van der Waals surface area contributed by atoms with Gasteiger partial charge in [0, 0.05) is 13.1 Å². The highest BCUT2D eigenvalue weighted by atomic mass is 16.5. The predicted molar refractivity (Wildman–Crippen MR) is 75.3 cm³/mol. The highest BCUT2D eigenvalue weighted by Gasteiger charge is 2.11. The fourth-order valence-corrected chi connectivity index (χ4v) is 1.99. The summed E-state index contributed by atoms with van der Waals surface area (Å²) >= 11 is 0. The van der Waals surface area contributed by atoms with E-state index in [1.165, 1.54) is 6.92 Å². The van der Waals surface area contributed by atoms with Crippen molar-refractivity contribution in [2.75, 3.05) is 7.11 Å². The lowest BCUT2D eigenvalue weighted by Gasteiger charge is -2.11. The van der Waals surface area contributed by atoms with E-state index in [0.29, 0.717) is 23.7 Å². The number of carbonyl (C=O) groups is 1. The number of ketones is 1. The Hall–Kier alpha value is -2.30. The summed E-state index contributed by atoms with van der Waals surface area (Å²) in [5.74, 6) is 1.14. The Morgan fingerprint density at radius 3 is 2.65 bits per heavy atom. The maximum atomic E-state index is 11.6. The van der Waals surface area contributed by atoms with Gasteiger partial charge in [-0.25, -0.2) is 0 Å². The number of Topliss-reactive ketones (excluding diaryl/α,β-unsaturated/α-hetero) is 1. The first-order valence-corrected chi connectivity index (χ1v) is 6.32. The fraction of sp³-hybridized carbons (Fsp3) is 0.333. The number of hydrogen-bond donors (Lipinski definition) is 0. The smallest absolute Gasteiger partial charge is 0.163 e. The standard InChI is InChI=1S/C15H18N2O3/c1-10-7-12(17(3)16-10)9-20-15-8-13(19-4)5-6-14(15)11(2)18/h5-8H,9H2,1-4H3. The minimum atomic E-state index is -0.0381. The average Bonchev–Trinajstić information content (AvgIpc) is 2.74. The summed E-state index contributed by atoms with van der Waals surface area (Å²) in [4.78, 5) is 11.6. The number of nitrogens with zero attached hydrogens (tertiary/aromatic N) is 2. The SMILES string of the molecule is COc1ccc(C(C)=O)c(OCc2cc(C)nn2C)c1. The topological polar surface area (TPSA) is 53.4 Å². The number of methoxy groups -OCH3 is 1. The highest BCUT2D eigenvalue weighted by Crippen LogP contribution is 2.26. The van der Waals surface area contributed by atoms with Gasteiger partial charge in [0.2, 0.25) is 0 Å². The molecule has 2 rings (SSSR count). The molecule has 20 heavy (non-hydrogen) atoms. The molecule has 2 aromatic rings. The molecule has 0 aliphatic rings. The number of aromatic nitrogens is 2. The molecule has 0 fully saturated rings. The molecule has 0 spiro atoms. The Labute approximate surface area is 118 Å². The number of ether oxygens (including phenoxy) is 2. The van der Waals surface area contributed by atoms with Crippen LogP contribution in [0, 0.1) is 6.92 Å². The van der Waals surface area contributed by atoms with E-state index >= 15 is 0 Å². The zero-order chi connectivity index (χ0) is 14.7. The van der Waals surface area contributed by atoms with Gasteiger partial charge in [0.25, 0.3) is 0 Å². The van der Waals surface area contributed by atoms with Crippen LogP contribution in [0.4, 0.5) is 0 Å². The molecule has 0 atom stereocenters. The van der Waals surface area contributed by atoms with Gasteiger partial charge in [-0.2, -0.15) is 5.10 Å². The first-order valence-electron chi connectivity index (χ1n) is 6.32. The van der Waals surface area contributed by atoms with Crippen LogP contribution >= 0.6 is 0 Å². The van der Waals surface area contributed by atoms with E-state index in [1.54, 1.807) is 30.0 Å². The van der Waals surface area contributed by atoms with Crippen molar-refractivity contribution in [3.05, 3.63) is 41.2 Å². The molecule has 0 bridgehead atoms. The van der Waals surface area contributed by atoms with E-state index in [-0.39, 0.29) is 5.78 Å².